The lowest BCUT2D eigenvalue weighted by Gasteiger charge is -2.18. The lowest BCUT2D eigenvalue weighted by molar-refractivity contribution is 0.171. The van der Waals surface area contributed by atoms with Gasteiger partial charge in [0.2, 0.25) is 0 Å². The fraction of sp³-hybridized carbons (Fsp3) is 0.0909. The molecule has 2 heterocycles. The molecule has 5 nitrogen and oxygen atoms in total. The van der Waals surface area contributed by atoms with Gasteiger partial charge < -0.3 is 9.47 Å². The van der Waals surface area contributed by atoms with Crippen LogP contribution in [-0.4, -0.2) is 29.2 Å². The molecule has 0 radical (unpaired) electrons. The molecular weight excluding hydrogens is 357 g/mol. The molecule has 0 unspecified atom stereocenters. The van der Waals surface area contributed by atoms with Gasteiger partial charge in [-0.25, -0.2) is 9.07 Å². The van der Waals surface area contributed by atoms with E-state index in [9.17, 15) is 4.39 Å². The van der Waals surface area contributed by atoms with E-state index in [4.69, 9.17) is 9.47 Å². The quantitative estimate of drug-likeness (QED) is 0.490. The van der Waals surface area contributed by atoms with Crippen LogP contribution >= 0.6 is 0 Å². The first-order valence-corrected chi connectivity index (χ1v) is 8.94. The van der Waals surface area contributed by atoms with E-state index < -0.39 is 0 Å². The summed E-state index contributed by atoms with van der Waals surface area (Å²) in [6.45, 7) is 1.13. The number of hydrogen-bond acceptors (Lipinski definition) is 4. The van der Waals surface area contributed by atoms with Crippen molar-refractivity contribution in [1.29, 1.82) is 0 Å². The molecule has 0 saturated heterocycles. The van der Waals surface area contributed by atoms with Crippen molar-refractivity contribution in [3.8, 4) is 17.2 Å². The zero-order chi connectivity index (χ0) is 18.9. The van der Waals surface area contributed by atoms with Crippen LogP contribution in [0.25, 0.3) is 16.6 Å². The topological polar surface area (TPSA) is 48.6 Å². The van der Waals surface area contributed by atoms with E-state index in [1.807, 2.05) is 36.4 Å². The van der Waals surface area contributed by atoms with Crippen molar-refractivity contribution in [1.82, 2.24) is 9.78 Å². The second-order valence-corrected chi connectivity index (χ2v) is 6.44. The Bertz CT molecular complexity index is 1180. The predicted molar refractivity (Wildman–Crippen MR) is 106 cm³/mol. The average molecular weight is 373 g/mol. The predicted octanol–water partition coefficient (Wildman–Crippen LogP) is 4.69. The molecule has 1 aromatic heterocycles. The summed E-state index contributed by atoms with van der Waals surface area (Å²) >= 11 is 0. The van der Waals surface area contributed by atoms with Gasteiger partial charge in [0, 0.05) is 11.6 Å². The molecule has 0 fully saturated rings. The van der Waals surface area contributed by atoms with Crippen molar-refractivity contribution in [2.24, 2.45) is 4.99 Å². The number of benzene rings is 3. The Hall–Kier alpha value is -3.67. The van der Waals surface area contributed by atoms with Crippen LogP contribution in [0.3, 0.4) is 0 Å². The molecule has 0 saturated carbocycles. The van der Waals surface area contributed by atoms with Gasteiger partial charge in [-0.05, 0) is 66.2 Å². The van der Waals surface area contributed by atoms with Gasteiger partial charge in [-0.15, -0.1) is 0 Å². The first-order valence-electron chi connectivity index (χ1n) is 8.94. The third-order valence-corrected chi connectivity index (χ3v) is 4.55. The van der Waals surface area contributed by atoms with Crippen LogP contribution in [0.15, 0.2) is 71.9 Å². The lowest BCUT2D eigenvalue weighted by atomic mass is 10.2. The maximum absolute atomic E-state index is 13.2. The van der Waals surface area contributed by atoms with Crippen molar-refractivity contribution in [2.45, 2.75) is 0 Å². The molecule has 3 aromatic carbocycles. The summed E-state index contributed by atoms with van der Waals surface area (Å²) in [5, 5.41) is 5.37. The van der Waals surface area contributed by atoms with Gasteiger partial charge in [-0.2, -0.15) is 5.10 Å². The summed E-state index contributed by atoms with van der Waals surface area (Å²) in [5.74, 6) is 1.24. The number of aliphatic imine (C=N–C) groups is 1. The van der Waals surface area contributed by atoms with E-state index in [0.717, 1.165) is 39.3 Å². The molecule has 138 valence electrons. The Morgan fingerprint density at radius 2 is 1.75 bits per heavy atom. The largest absolute Gasteiger partial charge is 0.486 e. The van der Waals surface area contributed by atoms with Gasteiger partial charge >= 0.3 is 0 Å². The molecule has 0 aliphatic carbocycles. The Morgan fingerprint density at radius 3 is 2.61 bits per heavy atom. The minimum absolute atomic E-state index is 0.268. The van der Waals surface area contributed by atoms with Crippen LogP contribution in [0, 0.1) is 5.82 Å². The van der Waals surface area contributed by atoms with E-state index in [2.05, 4.69) is 10.1 Å². The molecule has 0 amide bonds. The highest BCUT2D eigenvalue weighted by Gasteiger charge is 2.11. The number of nitrogens with zero attached hydrogens (tertiary/aromatic N) is 3. The van der Waals surface area contributed by atoms with Gasteiger partial charge in [-0.1, -0.05) is 0 Å². The van der Waals surface area contributed by atoms with Crippen molar-refractivity contribution < 1.29 is 13.9 Å². The average Bonchev–Trinajstić information content (AvgIpc) is 3.16. The molecule has 5 rings (SSSR count). The van der Waals surface area contributed by atoms with Gasteiger partial charge in [-0.3, -0.25) is 4.99 Å². The Balaban J connectivity index is 1.42. The number of hydrogen-bond donors (Lipinski definition) is 0. The van der Waals surface area contributed by atoms with Crippen LogP contribution < -0.4 is 9.47 Å². The van der Waals surface area contributed by atoms with Crippen LogP contribution in [0.4, 0.5) is 10.1 Å². The molecular formula is C22H16FN3O2. The normalized spacial score (nSPS) is 13.3. The van der Waals surface area contributed by atoms with Gasteiger partial charge in [0.05, 0.1) is 23.1 Å². The molecule has 1 aliphatic rings. The summed E-state index contributed by atoms with van der Waals surface area (Å²) in [5.41, 5.74) is 3.50. The molecule has 4 aromatic rings. The van der Waals surface area contributed by atoms with Gasteiger partial charge in [0.25, 0.3) is 0 Å². The number of ether oxygens (including phenoxy) is 2. The SMILES string of the molecule is Fc1ccc(-n2ncc3cc(/N=C/c4ccc5c(c4)OCCO5)ccc32)cc1. The van der Waals surface area contributed by atoms with Crippen LogP contribution in [-0.2, 0) is 0 Å². The fourth-order valence-electron chi connectivity index (χ4n) is 3.18. The summed E-state index contributed by atoms with van der Waals surface area (Å²) in [6.07, 6.45) is 3.57. The number of aromatic nitrogens is 2. The Morgan fingerprint density at radius 1 is 0.929 bits per heavy atom. The lowest BCUT2D eigenvalue weighted by Crippen LogP contribution is -2.15. The third kappa shape index (κ3) is 3.09. The molecule has 0 spiro atoms. The highest BCUT2D eigenvalue weighted by atomic mass is 19.1. The molecule has 0 atom stereocenters. The first-order chi connectivity index (χ1) is 13.8. The molecule has 6 heteroatoms. The molecule has 1 aliphatic heterocycles. The standard InChI is InChI=1S/C22H16FN3O2/c23-17-2-5-19(6-3-17)26-20-7-4-18(12-16(20)14-25-26)24-13-15-1-8-21-22(11-15)28-10-9-27-21/h1-8,11-14H,9-10H2/b24-13+. The second kappa shape index (κ2) is 6.81. The van der Waals surface area contributed by atoms with E-state index in [1.54, 1.807) is 29.2 Å². The van der Waals surface area contributed by atoms with Crippen molar-refractivity contribution in [2.75, 3.05) is 13.2 Å². The Kier molecular flexibility index (Phi) is 4.01. The smallest absolute Gasteiger partial charge is 0.162 e. The Labute approximate surface area is 160 Å². The molecule has 0 bridgehead atoms. The monoisotopic (exact) mass is 373 g/mol. The van der Waals surface area contributed by atoms with Crippen LogP contribution in [0.1, 0.15) is 5.56 Å². The van der Waals surface area contributed by atoms with Crippen molar-refractivity contribution in [3.63, 3.8) is 0 Å². The zero-order valence-electron chi connectivity index (χ0n) is 14.9. The fourth-order valence-corrected chi connectivity index (χ4v) is 3.18. The summed E-state index contributed by atoms with van der Waals surface area (Å²) in [7, 11) is 0. The number of fused-ring (bicyclic) bond motifs is 2. The van der Waals surface area contributed by atoms with Crippen molar-refractivity contribution in [3.05, 3.63) is 78.2 Å². The molecule has 28 heavy (non-hydrogen) atoms. The van der Waals surface area contributed by atoms with Gasteiger partial charge in [0.15, 0.2) is 11.5 Å². The minimum Gasteiger partial charge on any atom is -0.486 e. The number of halogens is 1. The van der Waals surface area contributed by atoms with E-state index >= 15 is 0 Å². The van der Waals surface area contributed by atoms with E-state index in [0.29, 0.717) is 13.2 Å². The van der Waals surface area contributed by atoms with Gasteiger partial charge in [0.1, 0.15) is 19.0 Å². The molecule has 0 N–H and O–H groups in total. The second-order valence-electron chi connectivity index (χ2n) is 6.44. The first kappa shape index (κ1) is 16.5. The maximum Gasteiger partial charge on any atom is 0.162 e. The zero-order valence-corrected chi connectivity index (χ0v) is 14.9. The van der Waals surface area contributed by atoms with Crippen LogP contribution in [0.5, 0.6) is 11.5 Å². The summed E-state index contributed by atoms with van der Waals surface area (Å²) in [4.78, 5) is 4.56. The number of rotatable bonds is 3. The van der Waals surface area contributed by atoms with E-state index in [-0.39, 0.29) is 5.82 Å². The highest BCUT2D eigenvalue weighted by Crippen LogP contribution is 2.30. The summed E-state index contributed by atoms with van der Waals surface area (Å²) in [6, 6.07) is 17.9. The highest BCUT2D eigenvalue weighted by molar-refractivity contribution is 5.87. The van der Waals surface area contributed by atoms with E-state index in [1.165, 1.54) is 12.1 Å². The maximum atomic E-state index is 13.2. The summed E-state index contributed by atoms with van der Waals surface area (Å²) < 4.78 is 26.1. The van der Waals surface area contributed by atoms with Crippen LogP contribution in [0.2, 0.25) is 0 Å². The minimum atomic E-state index is -0.268. The van der Waals surface area contributed by atoms with Crippen molar-refractivity contribution >= 4 is 22.8 Å². The third-order valence-electron chi connectivity index (χ3n) is 4.55.